The van der Waals surface area contributed by atoms with E-state index in [0.717, 1.165) is 16.9 Å². The van der Waals surface area contributed by atoms with Crippen molar-refractivity contribution in [2.45, 2.75) is 13.0 Å². The summed E-state index contributed by atoms with van der Waals surface area (Å²) in [6.07, 6.45) is 0. The molecule has 4 heteroatoms. The molecule has 0 saturated carbocycles. The monoisotopic (exact) mass is 293 g/mol. The van der Waals surface area contributed by atoms with Crippen molar-refractivity contribution in [1.29, 1.82) is 0 Å². The molecule has 20 heavy (non-hydrogen) atoms. The predicted molar refractivity (Wildman–Crippen MR) is 79.9 cm³/mol. The molecule has 0 aliphatic rings. The Hall–Kier alpha value is -1.58. The van der Waals surface area contributed by atoms with Crippen LogP contribution >= 0.6 is 11.6 Å². The van der Waals surface area contributed by atoms with E-state index in [9.17, 15) is 4.39 Å². The summed E-state index contributed by atoms with van der Waals surface area (Å²) in [5.41, 5.74) is 1.72. The van der Waals surface area contributed by atoms with E-state index in [2.05, 4.69) is 5.32 Å². The molecule has 1 N–H and O–H groups in total. The van der Waals surface area contributed by atoms with Crippen LogP contribution in [0.15, 0.2) is 42.5 Å². The SMILES string of the molecule is CCOc1ccc(C(NC)c2cccc(F)c2Cl)cc1. The fourth-order valence-corrected chi connectivity index (χ4v) is 2.40. The van der Waals surface area contributed by atoms with E-state index >= 15 is 0 Å². The van der Waals surface area contributed by atoms with Gasteiger partial charge in [-0.05, 0) is 43.3 Å². The molecule has 0 bridgehead atoms. The Labute approximate surface area is 123 Å². The Kier molecular flexibility index (Phi) is 4.99. The van der Waals surface area contributed by atoms with E-state index in [1.165, 1.54) is 6.07 Å². The first-order valence-corrected chi connectivity index (χ1v) is 6.89. The molecule has 0 aliphatic heterocycles. The fraction of sp³-hybridized carbons (Fsp3) is 0.250. The van der Waals surface area contributed by atoms with E-state index in [4.69, 9.17) is 16.3 Å². The summed E-state index contributed by atoms with van der Waals surface area (Å²) in [7, 11) is 1.82. The van der Waals surface area contributed by atoms with Gasteiger partial charge in [-0.15, -0.1) is 0 Å². The maximum absolute atomic E-state index is 13.6. The van der Waals surface area contributed by atoms with E-state index in [0.29, 0.717) is 6.61 Å². The van der Waals surface area contributed by atoms with Gasteiger partial charge >= 0.3 is 0 Å². The lowest BCUT2D eigenvalue weighted by atomic mass is 9.98. The highest BCUT2D eigenvalue weighted by molar-refractivity contribution is 6.31. The second-order valence-corrected chi connectivity index (χ2v) is 4.74. The average Bonchev–Trinajstić information content (AvgIpc) is 2.46. The van der Waals surface area contributed by atoms with Crippen LogP contribution < -0.4 is 10.1 Å². The number of hydrogen-bond donors (Lipinski definition) is 1. The van der Waals surface area contributed by atoms with Gasteiger partial charge < -0.3 is 10.1 Å². The third-order valence-corrected chi connectivity index (χ3v) is 3.50. The standard InChI is InChI=1S/C16H17ClFNO/c1-3-20-12-9-7-11(8-10-12)16(19-2)13-5-4-6-14(18)15(13)17/h4-10,16,19H,3H2,1-2H3. The molecule has 0 heterocycles. The summed E-state index contributed by atoms with van der Waals surface area (Å²) in [6.45, 7) is 2.57. The highest BCUT2D eigenvalue weighted by Gasteiger charge is 2.17. The van der Waals surface area contributed by atoms with Crippen LogP contribution in [0.4, 0.5) is 4.39 Å². The van der Waals surface area contributed by atoms with Gasteiger partial charge in [-0.1, -0.05) is 35.9 Å². The molecule has 2 rings (SSSR count). The van der Waals surface area contributed by atoms with Gasteiger partial charge in [0.1, 0.15) is 11.6 Å². The van der Waals surface area contributed by atoms with Crippen molar-refractivity contribution in [1.82, 2.24) is 5.32 Å². The van der Waals surface area contributed by atoms with Crippen LogP contribution in [0.25, 0.3) is 0 Å². The normalized spacial score (nSPS) is 12.2. The summed E-state index contributed by atoms with van der Waals surface area (Å²) in [5.74, 6) is 0.409. The molecule has 0 saturated heterocycles. The maximum atomic E-state index is 13.6. The lowest BCUT2D eigenvalue weighted by molar-refractivity contribution is 0.340. The highest BCUT2D eigenvalue weighted by Crippen LogP contribution is 2.30. The number of rotatable bonds is 5. The Bertz CT molecular complexity index is 571. The minimum atomic E-state index is -0.407. The minimum absolute atomic E-state index is 0.153. The average molecular weight is 294 g/mol. The number of benzene rings is 2. The van der Waals surface area contributed by atoms with Crippen LogP contribution in [0, 0.1) is 5.82 Å². The molecule has 1 unspecified atom stereocenters. The van der Waals surface area contributed by atoms with Gasteiger partial charge in [-0.25, -0.2) is 4.39 Å². The first-order valence-electron chi connectivity index (χ1n) is 6.51. The van der Waals surface area contributed by atoms with Crippen molar-refractivity contribution in [3.8, 4) is 5.75 Å². The van der Waals surface area contributed by atoms with Gasteiger partial charge in [-0.2, -0.15) is 0 Å². The summed E-state index contributed by atoms with van der Waals surface area (Å²) >= 11 is 6.06. The second-order valence-electron chi connectivity index (χ2n) is 4.37. The third kappa shape index (κ3) is 3.11. The van der Waals surface area contributed by atoms with Crippen LogP contribution in [-0.2, 0) is 0 Å². The first kappa shape index (κ1) is 14.8. The summed E-state index contributed by atoms with van der Waals surface area (Å²) < 4.78 is 19.0. The summed E-state index contributed by atoms with van der Waals surface area (Å²) in [5, 5.41) is 3.32. The lowest BCUT2D eigenvalue weighted by Gasteiger charge is -2.19. The number of hydrogen-bond acceptors (Lipinski definition) is 2. The molecule has 0 aromatic heterocycles. The van der Waals surface area contributed by atoms with Gasteiger partial charge in [0.25, 0.3) is 0 Å². The zero-order valence-electron chi connectivity index (χ0n) is 11.5. The van der Waals surface area contributed by atoms with Gasteiger partial charge in [0.15, 0.2) is 0 Å². The van der Waals surface area contributed by atoms with Crippen LogP contribution in [0.2, 0.25) is 5.02 Å². The molecule has 0 aliphatic carbocycles. The second kappa shape index (κ2) is 6.73. The molecule has 2 nitrogen and oxygen atoms in total. The fourth-order valence-electron chi connectivity index (χ4n) is 2.17. The van der Waals surface area contributed by atoms with Gasteiger partial charge in [-0.3, -0.25) is 0 Å². The molecular formula is C16H17ClFNO. The van der Waals surface area contributed by atoms with Crippen molar-refractivity contribution >= 4 is 11.6 Å². The largest absolute Gasteiger partial charge is 0.494 e. The van der Waals surface area contributed by atoms with Gasteiger partial charge in [0, 0.05) is 0 Å². The third-order valence-electron chi connectivity index (χ3n) is 3.11. The molecule has 2 aromatic rings. The molecule has 1 atom stereocenters. The van der Waals surface area contributed by atoms with Gasteiger partial charge in [0.05, 0.1) is 17.7 Å². The van der Waals surface area contributed by atoms with Crippen LogP contribution in [-0.4, -0.2) is 13.7 Å². The first-order chi connectivity index (χ1) is 9.67. The summed E-state index contributed by atoms with van der Waals surface area (Å²) in [4.78, 5) is 0. The zero-order chi connectivity index (χ0) is 14.5. The quantitative estimate of drug-likeness (QED) is 0.892. The molecular weight excluding hydrogens is 277 g/mol. The molecule has 0 amide bonds. The van der Waals surface area contributed by atoms with Gasteiger partial charge in [0.2, 0.25) is 0 Å². The Morgan fingerprint density at radius 2 is 1.90 bits per heavy atom. The van der Waals surface area contributed by atoms with Crippen molar-refractivity contribution < 1.29 is 9.13 Å². The maximum Gasteiger partial charge on any atom is 0.142 e. The Balaban J connectivity index is 2.34. The molecule has 0 spiro atoms. The Morgan fingerprint density at radius 3 is 2.50 bits per heavy atom. The summed E-state index contributed by atoms with van der Waals surface area (Å²) in [6, 6.07) is 12.4. The van der Waals surface area contributed by atoms with E-state index in [1.54, 1.807) is 6.07 Å². The van der Waals surface area contributed by atoms with Crippen LogP contribution in [0.3, 0.4) is 0 Å². The van der Waals surface area contributed by atoms with Crippen molar-refractivity contribution in [2.24, 2.45) is 0 Å². The van der Waals surface area contributed by atoms with E-state index in [-0.39, 0.29) is 11.1 Å². The molecule has 0 radical (unpaired) electrons. The minimum Gasteiger partial charge on any atom is -0.494 e. The smallest absolute Gasteiger partial charge is 0.142 e. The predicted octanol–water partition coefficient (Wildman–Crippen LogP) is 4.19. The van der Waals surface area contributed by atoms with E-state index < -0.39 is 5.82 Å². The van der Waals surface area contributed by atoms with Crippen molar-refractivity contribution in [3.05, 3.63) is 64.4 Å². The van der Waals surface area contributed by atoms with Crippen LogP contribution in [0.1, 0.15) is 24.1 Å². The lowest BCUT2D eigenvalue weighted by Crippen LogP contribution is -2.18. The number of ether oxygens (including phenoxy) is 1. The zero-order valence-corrected chi connectivity index (χ0v) is 12.2. The topological polar surface area (TPSA) is 21.3 Å². The molecule has 2 aromatic carbocycles. The Morgan fingerprint density at radius 1 is 1.20 bits per heavy atom. The van der Waals surface area contributed by atoms with Crippen molar-refractivity contribution in [2.75, 3.05) is 13.7 Å². The number of nitrogens with one attached hydrogen (secondary N) is 1. The molecule has 0 fully saturated rings. The van der Waals surface area contributed by atoms with Crippen LogP contribution in [0.5, 0.6) is 5.75 Å². The highest BCUT2D eigenvalue weighted by atomic mass is 35.5. The number of halogens is 2. The molecule has 106 valence electrons. The van der Waals surface area contributed by atoms with Crippen molar-refractivity contribution in [3.63, 3.8) is 0 Å². The van der Waals surface area contributed by atoms with E-state index in [1.807, 2.05) is 44.3 Å².